The fourth-order valence-electron chi connectivity index (χ4n) is 3.28. The minimum Gasteiger partial charge on any atom is -0.328 e. The van der Waals surface area contributed by atoms with Crippen LogP contribution in [0.2, 0.25) is 0 Å². The van der Waals surface area contributed by atoms with E-state index in [1.807, 2.05) is 27.7 Å². The van der Waals surface area contributed by atoms with E-state index in [1.54, 1.807) is 0 Å². The lowest BCUT2D eigenvalue weighted by molar-refractivity contribution is 0.138. The smallest absolute Gasteiger partial charge is 0.0367 e. The molecule has 4 unspecified atom stereocenters. The summed E-state index contributed by atoms with van der Waals surface area (Å²) < 4.78 is 0. The molecule has 0 saturated heterocycles. The molecule has 0 fully saturated rings. The first-order valence-electron chi connectivity index (χ1n) is 7.52. The Labute approximate surface area is 124 Å². The van der Waals surface area contributed by atoms with Crippen LogP contribution in [0.4, 0.5) is 0 Å². The molecule has 12 N–H and O–H groups in total. The van der Waals surface area contributed by atoms with Crippen molar-refractivity contribution in [3.05, 3.63) is 0 Å². The molecule has 0 aromatic rings. The molecular weight excluding hydrogens is 252 g/mol. The van der Waals surface area contributed by atoms with E-state index in [2.05, 4.69) is 0 Å². The van der Waals surface area contributed by atoms with Crippen molar-refractivity contribution < 1.29 is 0 Å². The topological polar surface area (TPSA) is 156 Å². The van der Waals surface area contributed by atoms with Gasteiger partial charge in [0.2, 0.25) is 0 Å². The van der Waals surface area contributed by atoms with E-state index < -0.39 is 11.1 Å². The molecular formula is C14H36N6. The van der Waals surface area contributed by atoms with Gasteiger partial charge < -0.3 is 34.4 Å². The van der Waals surface area contributed by atoms with Crippen molar-refractivity contribution in [2.24, 2.45) is 34.4 Å². The number of rotatable bonds is 9. The molecule has 0 aromatic carbocycles. The van der Waals surface area contributed by atoms with Gasteiger partial charge in [0.1, 0.15) is 0 Å². The van der Waals surface area contributed by atoms with Crippen LogP contribution in [0.15, 0.2) is 0 Å². The van der Waals surface area contributed by atoms with E-state index in [4.69, 9.17) is 34.4 Å². The summed E-state index contributed by atoms with van der Waals surface area (Å²) in [6.45, 7) is 7.73. The van der Waals surface area contributed by atoms with Gasteiger partial charge in [-0.1, -0.05) is 0 Å². The second-order valence-electron chi connectivity index (χ2n) is 7.04. The Kier molecular flexibility index (Phi) is 7.59. The fourth-order valence-corrected chi connectivity index (χ4v) is 3.28. The lowest BCUT2D eigenvalue weighted by Gasteiger charge is -2.49. The molecule has 0 aromatic heterocycles. The van der Waals surface area contributed by atoms with Crippen molar-refractivity contribution in [1.29, 1.82) is 0 Å². The lowest BCUT2D eigenvalue weighted by Crippen LogP contribution is -2.70. The summed E-state index contributed by atoms with van der Waals surface area (Å²) in [5.41, 5.74) is 35.9. The predicted octanol–water partition coefficient (Wildman–Crippen LogP) is -0.669. The van der Waals surface area contributed by atoms with Crippen LogP contribution in [-0.2, 0) is 0 Å². The highest BCUT2D eigenvalue weighted by Crippen LogP contribution is 2.34. The van der Waals surface area contributed by atoms with E-state index in [0.717, 1.165) is 0 Å². The van der Waals surface area contributed by atoms with Gasteiger partial charge in [-0.05, 0) is 53.4 Å². The predicted molar refractivity (Wildman–Crippen MR) is 86.9 cm³/mol. The molecule has 0 saturated carbocycles. The highest BCUT2D eigenvalue weighted by atomic mass is 15.0. The summed E-state index contributed by atoms with van der Waals surface area (Å²) in [4.78, 5) is 0. The minimum atomic E-state index is -0.670. The average molecular weight is 288 g/mol. The molecule has 6 nitrogen and oxygen atoms in total. The first-order chi connectivity index (χ1) is 8.92. The molecule has 0 aliphatic rings. The zero-order valence-electron chi connectivity index (χ0n) is 13.6. The van der Waals surface area contributed by atoms with E-state index in [9.17, 15) is 0 Å². The van der Waals surface area contributed by atoms with E-state index in [-0.39, 0.29) is 24.2 Å². The molecule has 0 spiro atoms. The van der Waals surface area contributed by atoms with Gasteiger partial charge in [-0.15, -0.1) is 0 Å². The molecule has 0 aliphatic carbocycles. The third kappa shape index (κ3) is 6.03. The van der Waals surface area contributed by atoms with Crippen LogP contribution < -0.4 is 34.4 Å². The molecule has 20 heavy (non-hydrogen) atoms. The summed E-state index contributed by atoms with van der Waals surface area (Å²) in [6.07, 6.45) is 2.41. The van der Waals surface area contributed by atoms with Crippen molar-refractivity contribution in [2.75, 3.05) is 0 Å². The number of nitrogens with two attached hydrogens (primary N) is 6. The quantitative estimate of drug-likeness (QED) is 0.330. The first-order valence-corrected chi connectivity index (χ1v) is 7.52. The largest absolute Gasteiger partial charge is 0.328 e. The Bertz CT molecular complexity index is 227. The molecule has 122 valence electrons. The number of hydrogen-bond donors (Lipinski definition) is 6. The summed E-state index contributed by atoms with van der Waals surface area (Å²) in [7, 11) is 0. The van der Waals surface area contributed by atoms with Gasteiger partial charge in [0, 0.05) is 35.2 Å². The summed E-state index contributed by atoms with van der Waals surface area (Å²) in [6, 6.07) is -0.212. The second kappa shape index (κ2) is 7.68. The van der Waals surface area contributed by atoms with Gasteiger partial charge in [0.05, 0.1) is 0 Å². The molecule has 0 radical (unpaired) electrons. The monoisotopic (exact) mass is 288 g/mol. The van der Waals surface area contributed by atoms with Crippen LogP contribution >= 0.6 is 0 Å². The third-order valence-electron chi connectivity index (χ3n) is 3.74. The molecule has 4 atom stereocenters. The maximum Gasteiger partial charge on any atom is 0.0367 e. The maximum atomic E-state index is 6.68. The summed E-state index contributed by atoms with van der Waals surface area (Å²) in [5, 5.41) is 0. The lowest BCUT2D eigenvalue weighted by atomic mass is 9.65. The molecule has 0 bridgehead atoms. The summed E-state index contributed by atoms with van der Waals surface area (Å²) >= 11 is 0. The van der Waals surface area contributed by atoms with Gasteiger partial charge in [-0.25, -0.2) is 0 Å². The zero-order valence-corrected chi connectivity index (χ0v) is 13.6. The second-order valence-corrected chi connectivity index (χ2v) is 7.04. The van der Waals surface area contributed by atoms with E-state index >= 15 is 0 Å². The van der Waals surface area contributed by atoms with Crippen LogP contribution in [0.1, 0.15) is 53.4 Å². The normalized spacial score (nSPS) is 24.3. The van der Waals surface area contributed by atoms with Gasteiger partial charge in [-0.3, -0.25) is 0 Å². The highest BCUT2D eigenvalue weighted by molar-refractivity contribution is 5.10. The average Bonchev–Trinajstić information content (AvgIpc) is 2.10. The number of hydrogen-bond acceptors (Lipinski definition) is 6. The van der Waals surface area contributed by atoms with Crippen molar-refractivity contribution >= 4 is 0 Å². The zero-order chi connectivity index (χ0) is 16.1. The molecule has 6 heteroatoms. The fraction of sp³-hybridized carbons (Fsp3) is 1.00. The maximum absolute atomic E-state index is 6.68. The third-order valence-corrected chi connectivity index (χ3v) is 3.74. The van der Waals surface area contributed by atoms with Crippen molar-refractivity contribution in [2.45, 2.75) is 88.6 Å². The SMILES string of the molecule is CC(N)CC(N)(CC(C)N)C(N)(CC(C)N)CC(C)N. The van der Waals surface area contributed by atoms with Crippen LogP contribution in [0.25, 0.3) is 0 Å². The van der Waals surface area contributed by atoms with Crippen LogP contribution in [-0.4, -0.2) is 35.2 Å². The first kappa shape index (κ1) is 19.8. The standard InChI is InChI=1S/C14H36N6/c1-9(15)5-13(19,6-10(2)16)14(20,7-11(3)17)8-12(4)18/h9-12H,5-8,15-20H2,1-4H3. The molecule has 0 rings (SSSR count). The Hall–Kier alpha value is -0.240. The van der Waals surface area contributed by atoms with E-state index in [0.29, 0.717) is 25.7 Å². The molecule has 0 amide bonds. The van der Waals surface area contributed by atoms with Crippen molar-refractivity contribution in [3.8, 4) is 0 Å². The van der Waals surface area contributed by atoms with Crippen LogP contribution in [0.5, 0.6) is 0 Å². The summed E-state index contributed by atoms with van der Waals surface area (Å²) in [5.74, 6) is 0. The van der Waals surface area contributed by atoms with E-state index in [1.165, 1.54) is 0 Å². The van der Waals surface area contributed by atoms with Crippen LogP contribution in [0.3, 0.4) is 0 Å². The molecule has 0 heterocycles. The van der Waals surface area contributed by atoms with Crippen molar-refractivity contribution in [1.82, 2.24) is 0 Å². The van der Waals surface area contributed by atoms with Gasteiger partial charge in [-0.2, -0.15) is 0 Å². The Morgan fingerprint density at radius 2 is 0.700 bits per heavy atom. The van der Waals surface area contributed by atoms with Crippen molar-refractivity contribution in [3.63, 3.8) is 0 Å². The Balaban J connectivity index is 5.47. The highest BCUT2D eigenvalue weighted by Gasteiger charge is 2.47. The molecule has 0 aliphatic heterocycles. The van der Waals surface area contributed by atoms with Gasteiger partial charge in [0.15, 0.2) is 0 Å². The van der Waals surface area contributed by atoms with Crippen LogP contribution in [0, 0.1) is 0 Å². The van der Waals surface area contributed by atoms with Gasteiger partial charge >= 0.3 is 0 Å². The minimum absolute atomic E-state index is 0.0529. The Morgan fingerprint density at radius 3 is 0.800 bits per heavy atom. The Morgan fingerprint density at radius 1 is 0.550 bits per heavy atom. The van der Waals surface area contributed by atoms with Gasteiger partial charge in [0.25, 0.3) is 0 Å².